The highest BCUT2D eigenvalue weighted by Gasteiger charge is 2.18. The molecular weight excluding hydrogens is 555 g/mol. The van der Waals surface area contributed by atoms with Crippen LogP contribution in [0.3, 0.4) is 0 Å². The summed E-state index contributed by atoms with van der Waals surface area (Å²) in [5.41, 5.74) is 8.54. The van der Waals surface area contributed by atoms with Gasteiger partial charge in [0.1, 0.15) is 0 Å². The molecule has 3 heterocycles. The molecule has 0 saturated heterocycles. The fourth-order valence-electron chi connectivity index (χ4n) is 6.35. The third-order valence-electron chi connectivity index (χ3n) is 8.43. The summed E-state index contributed by atoms with van der Waals surface area (Å²) >= 11 is 1.88. The molecule has 206 valence electrons. The van der Waals surface area contributed by atoms with Gasteiger partial charge in [0.15, 0.2) is 5.82 Å². The lowest BCUT2D eigenvalue weighted by atomic mass is 10.1. The molecular formula is C40H25N3S. The third-order valence-corrected chi connectivity index (χ3v) is 9.62. The maximum absolute atomic E-state index is 5.04. The molecule has 0 radical (unpaired) electrons. The molecule has 0 aliphatic heterocycles. The van der Waals surface area contributed by atoms with Crippen LogP contribution in [-0.4, -0.2) is 14.5 Å². The van der Waals surface area contributed by atoms with Crippen LogP contribution < -0.4 is 0 Å². The Morgan fingerprint density at radius 3 is 1.80 bits per heavy atom. The lowest BCUT2D eigenvalue weighted by molar-refractivity contribution is 1.17. The Morgan fingerprint density at radius 2 is 1.05 bits per heavy atom. The molecule has 6 aromatic carbocycles. The van der Waals surface area contributed by atoms with Gasteiger partial charge in [-0.3, -0.25) is 0 Å². The molecule has 44 heavy (non-hydrogen) atoms. The lowest BCUT2D eigenvalue weighted by Crippen LogP contribution is -1.97. The molecule has 0 bridgehead atoms. The highest BCUT2D eigenvalue weighted by atomic mass is 32.1. The summed E-state index contributed by atoms with van der Waals surface area (Å²) < 4.78 is 5.06. The summed E-state index contributed by atoms with van der Waals surface area (Å²) in [4.78, 5) is 10.00. The first-order chi connectivity index (χ1) is 21.8. The van der Waals surface area contributed by atoms with E-state index >= 15 is 0 Å². The molecule has 0 fully saturated rings. The van der Waals surface area contributed by atoms with Crippen LogP contribution in [0.1, 0.15) is 0 Å². The van der Waals surface area contributed by atoms with Crippen LogP contribution in [0.4, 0.5) is 0 Å². The highest BCUT2D eigenvalue weighted by molar-refractivity contribution is 7.26. The van der Waals surface area contributed by atoms with Crippen molar-refractivity contribution in [3.05, 3.63) is 152 Å². The minimum Gasteiger partial charge on any atom is -0.308 e. The van der Waals surface area contributed by atoms with E-state index in [-0.39, 0.29) is 0 Å². The second-order valence-corrected chi connectivity index (χ2v) is 12.1. The first-order valence-electron chi connectivity index (χ1n) is 14.8. The van der Waals surface area contributed by atoms with Gasteiger partial charge in [0.25, 0.3) is 0 Å². The van der Waals surface area contributed by atoms with Gasteiger partial charge in [0, 0.05) is 48.6 Å². The number of hydrogen-bond acceptors (Lipinski definition) is 3. The molecule has 0 N–H and O–H groups in total. The lowest BCUT2D eigenvalue weighted by Gasteiger charge is -2.12. The van der Waals surface area contributed by atoms with Gasteiger partial charge in [-0.2, -0.15) is 0 Å². The number of hydrogen-bond donors (Lipinski definition) is 0. The Bertz CT molecular complexity index is 2420. The van der Waals surface area contributed by atoms with E-state index in [4.69, 9.17) is 9.97 Å². The minimum atomic E-state index is 0.723. The van der Waals surface area contributed by atoms with Gasteiger partial charge in [-0.15, -0.1) is 11.3 Å². The van der Waals surface area contributed by atoms with E-state index < -0.39 is 0 Å². The van der Waals surface area contributed by atoms with Gasteiger partial charge in [-0.05, 0) is 30.3 Å². The van der Waals surface area contributed by atoms with E-state index in [0.29, 0.717) is 0 Å². The Kier molecular flexibility index (Phi) is 5.68. The number of aromatic nitrogens is 3. The highest BCUT2D eigenvalue weighted by Crippen LogP contribution is 2.43. The summed E-state index contributed by atoms with van der Waals surface area (Å²) in [6.07, 6.45) is 0. The standard InChI is InChI=1S/C40H25N3S/c1-3-11-26(12-4-1)34-25-35(42-40(41-34)28-13-5-2-6-14-28)27-19-21-29(22-20-27)43-36-17-9-7-15-30(36)32-23-24-33-31-16-8-10-18-37(31)44-39(33)38(32)43/h1-25H. The molecule has 0 amide bonds. The molecule has 4 heteroatoms. The maximum Gasteiger partial charge on any atom is 0.160 e. The quantitative estimate of drug-likeness (QED) is 0.208. The molecule has 9 aromatic rings. The van der Waals surface area contributed by atoms with Crippen molar-refractivity contribution in [3.63, 3.8) is 0 Å². The van der Waals surface area contributed by atoms with Crippen LogP contribution in [-0.2, 0) is 0 Å². The topological polar surface area (TPSA) is 30.7 Å². The zero-order valence-electron chi connectivity index (χ0n) is 23.7. The zero-order valence-corrected chi connectivity index (χ0v) is 24.5. The first kappa shape index (κ1) is 25.0. The van der Waals surface area contributed by atoms with Gasteiger partial charge in [0.2, 0.25) is 0 Å². The molecule has 0 atom stereocenters. The van der Waals surface area contributed by atoms with Crippen molar-refractivity contribution < 1.29 is 0 Å². The predicted octanol–water partition coefficient (Wildman–Crippen LogP) is 10.9. The Hall–Kier alpha value is -5.58. The van der Waals surface area contributed by atoms with E-state index in [1.54, 1.807) is 0 Å². The van der Waals surface area contributed by atoms with Crippen molar-refractivity contribution in [1.29, 1.82) is 0 Å². The third kappa shape index (κ3) is 3.96. The smallest absolute Gasteiger partial charge is 0.160 e. The van der Waals surface area contributed by atoms with Crippen LogP contribution in [0.2, 0.25) is 0 Å². The van der Waals surface area contributed by atoms with Gasteiger partial charge in [0.05, 0.1) is 27.1 Å². The first-order valence-corrected chi connectivity index (χ1v) is 15.6. The molecule has 0 spiro atoms. The molecule has 0 aliphatic carbocycles. The molecule has 9 rings (SSSR count). The van der Waals surface area contributed by atoms with Gasteiger partial charge >= 0.3 is 0 Å². The fraction of sp³-hybridized carbons (Fsp3) is 0. The van der Waals surface area contributed by atoms with Crippen LogP contribution >= 0.6 is 11.3 Å². The summed E-state index contributed by atoms with van der Waals surface area (Å²) in [6.45, 7) is 0. The maximum atomic E-state index is 5.04. The van der Waals surface area contributed by atoms with Gasteiger partial charge in [-0.1, -0.05) is 121 Å². The second kappa shape index (κ2) is 10.0. The van der Waals surface area contributed by atoms with E-state index in [1.807, 2.05) is 47.7 Å². The normalized spacial score (nSPS) is 11.6. The van der Waals surface area contributed by atoms with Crippen molar-refractivity contribution in [2.45, 2.75) is 0 Å². The molecule has 3 nitrogen and oxygen atoms in total. The van der Waals surface area contributed by atoms with Crippen LogP contribution in [0.15, 0.2) is 152 Å². The number of para-hydroxylation sites is 1. The summed E-state index contributed by atoms with van der Waals surface area (Å²) in [7, 11) is 0. The van der Waals surface area contributed by atoms with E-state index in [2.05, 4.69) is 120 Å². The minimum absolute atomic E-state index is 0.723. The van der Waals surface area contributed by atoms with E-state index in [0.717, 1.165) is 39.6 Å². The number of fused-ring (bicyclic) bond motifs is 7. The van der Waals surface area contributed by atoms with Crippen molar-refractivity contribution >= 4 is 53.3 Å². The molecule has 0 unspecified atom stereocenters. The molecule has 0 saturated carbocycles. The largest absolute Gasteiger partial charge is 0.308 e. The van der Waals surface area contributed by atoms with E-state index in [9.17, 15) is 0 Å². The van der Waals surface area contributed by atoms with E-state index in [1.165, 1.54) is 42.0 Å². The zero-order chi connectivity index (χ0) is 29.0. The number of thiophene rings is 1. The average Bonchev–Trinajstić information content (AvgIpc) is 3.65. The summed E-state index contributed by atoms with van der Waals surface area (Å²) in [6, 6.07) is 53.5. The number of benzene rings is 6. The van der Waals surface area contributed by atoms with Crippen LogP contribution in [0, 0.1) is 0 Å². The van der Waals surface area contributed by atoms with Crippen molar-refractivity contribution in [2.24, 2.45) is 0 Å². The SMILES string of the molecule is c1ccc(-c2cc(-c3ccc(-n4c5ccccc5c5ccc6c7ccccc7sc6c54)cc3)nc(-c3ccccc3)n2)cc1. The number of rotatable bonds is 4. The van der Waals surface area contributed by atoms with Crippen LogP contribution in [0.25, 0.3) is 81.6 Å². The van der Waals surface area contributed by atoms with Crippen molar-refractivity contribution in [1.82, 2.24) is 14.5 Å². The summed E-state index contributed by atoms with van der Waals surface area (Å²) in [5.74, 6) is 0.723. The monoisotopic (exact) mass is 579 g/mol. The number of nitrogens with zero attached hydrogens (tertiary/aromatic N) is 3. The Morgan fingerprint density at radius 1 is 0.455 bits per heavy atom. The second-order valence-electron chi connectivity index (χ2n) is 11.0. The van der Waals surface area contributed by atoms with Gasteiger partial charge in [-0.25, -0.2) is 9.97 Å². The van der Waals surface area contributed by atoms with Crippen molar-refractivity contribution in [2.75, 3.05) is 0 Å². The molecule has 3 aromatic heterocycles. The predicted molar refractivity (Wildman–Crippen MR) is 186 cm³/mol. The Labute approximate surface area is 258 Å². The fourth-order valence-corrected chi connectivity index (χ4v) is 7.59. The van der Waals surface area contributed by atoms with Crippen molar-refractivity contribution in [3.8, 4) is 39.6 Å². The molecule has 0 aliphatic rings. The van der Waals surface area contributed by atoms with Crippen LogP contribution in [0.5, 0.6) is 0 Å². The van der Waals surface area contributed by atoms with Gasteiger partial charge < -0.3 is 4.57 Å². The summed E-state index contributed by atoms with van der Waals surface area (Å²) in [5, 5.41) is 5.16. The Balaban J connectivity index is 1.24. The average molecular weight is 580 g/mol.